The summed E-state index contributed by atoms with van der Waals surface area (Å²) in [6, 6.07) is 7.00. The van der Waals surface area contributed by atoms with Crippen LogP contribution in [0.15, 0.2) is 18.2 Å². The Balaban J connectivity index is 2.04. The fourth-order valence-electron chi connectivity index (χ4n) is 2.86. The van der Waals surface area contributed by atoms with Gasteiger partial charge in [0, 0.05) is 25.7 Å². The molecule has 1 aliphatic rings. The molecule has 0 aromatic heterocycles. The monoisotopic (exact) mass is 305 g/mol. The van der Waals surface area contributed by atoms with Crippen LogP contribution >= 0.6 is 0 Å². The van der Waals surface area contributed by atoms with Crippen LogP contribution < -0.4 is 5.32 Å². The molecule has 0 bridgehead atoms. The number of halogens is 1. The van der Waals surface area contributed by atoms with Gasteiger partial charge in [0.15, 0.2) is 0 Å². The summed E-state index contributed by atoms with van der Waals surface area (Å²) in [6.07, 6.45) is 1.06. The highest BCUT2D eigenvalue weighted by atomic mass is 19.1. The van der Waals surface area contributed by atoms with Gasteiger partial charge in [-0.15, -0.1) is 0 Å². The minimum absolute atomic E-state index is 0.0905. The van der Waals surface area contributed by atoms with Gasteiger partial charge in [0.1, 0.15) is 17.4 Å². The number of benzene rings is 1. The van der Waals surface area contributed by atoms with Gasteiger partial charge in [-0.3, -0.25) is 4.90 Å². The van der Waals surface area contributed by atoms with Crippen LogP contribution in [0.3, 0.4) is 0 Å². The topological polar surface area (TPSA) is 48.3 Å². The molecule has 2 rings (SSSR count). The van der Waals surface area contributed by atoms with Crippen molar-refractivity contribution >= 4 is 5.69 Å². The zero-order valence-corrected chi connectivity index (χ0v) is 13.3. The third kappa shape index (κ3) is 4.43. The highest BCUT2D eigenvalue weighted by Gasteiger charge is 2.22. The molecule has 1 unspecified atom stereocenters. The van der Waals surface area contributed by atoms with Crippen molar-refractivity contribution in [2.75, 3.05) is 38.2 Å². The molecule has 5 heteroatoms. The molecule has 1 N–H and O–H groups in total. The minimum atomic E-state index is -0.473. The lowest BCUT2D eigenvalue weighted by molar-refractivity contribution is 0.0151. The van der Waals surface area contributed by atoms with E-state index in [1.165, 1.54) is 6.07 Å². The van der Waals surface area contributed by atoms with E-state index in [1.807, 2.05) is 6.07 Å². The van der Waals surface area contributed by atoms with E-state index in [-0.39, 0.29) is 5.56 Å². The molecule has 0 radical (unpaired) electrons. The summed E-state index contributed by atoms with van der Waals surface area (Å²) in [7, 11) is 0. The van der Waals surface area contributed by atoms with Gasteiger partial charge in [0.05, 0.1) is 18.9 Å². The zero-order chi connectivity index (χ0) is 15.9. The summed E-state index contributed by atoms with van der Waals surface area (Å²) in [6.45, 7) is 8.49. The minimum Gasteiger partial charge on any atom is -0.382 e. The molecule has 1 aliphatic heterocycles. The number of nitrogens with zero attached hydrogens (tertiary/aromatic N) is 2. The van der Waals surface area contributed by atoms with E-state index in [0.29, 0.717) is 24.2 Å². The van der Waals surface area contributed by atoms with Crippen LogP contribution in [0.25, 0.3) is 0 Å². The Kier molecular flexibility index (Phi) is 6.17. The van der Waals surface area contributed by atoms with Crippen LogP contribution in [-0.2, 0) is 4.74 Å². The number of rotatable bonds is 6. The first-order valence-corrected chi connectivity index (χ1v) is 7.86. The normalized spacial score (nSPS) is 17.2. The second kappa shape index (κ2) is 8.11. The van der Waals surface area contributed by atoms with Crippen molar-refractivity contribution in [3.8, 4) is 6.07 Å². The van der Waals surface area contributed by atoms with Gasteiger partial charge in [-0.25, -0.2) is 4.39 Å². The summed E-state index contributed by atoms with van der Waals surface area (Å²) in [5.41, 5.74) is 0.664. The first kappa shape index (κ1) is 16.7. The molecule has 120 valence electrons. The second-order valence-electron chi connectivity index (χ2n) is 6.09. The third-order valence-electron chi connectivity index (χ3n) is 3.96. The Morgan fingerprint density at radius 2 is 2.09 bits per heavy atom. The second-order valence-corrected chi connectivity index (χ2v) is 6.09. The summed E-state index contributed by atoms with van der Waals surface area (Å²) in [4.78, 5) is 2.42. The Hall–Kier alpha value is -1.64. The van der Waals surface area contributed by atoms with Crippen molar-refractivity contribution in [2.24, 2.45) is 5.92 Å². The van der Waals surface area contributed by atoms with E-state index in [0.717, 1.165) is 32.7 Å². The van der Waals surface area contributed by atoms with E-state index in [4.69, 9.17) is 10.00 Å². The van der Waals surface area contributed by atoms with Gasteiger partial charge < -0.3 is 10.1 Å². The number of hydrogen-bond donors (Lipinski definition) is 1. The molecule has 1 aromatic rings. The Morgan fingerprint density at radius 1 is 1.36 bits per heavy atom. The highest BCUT2D eigenvalue weighted by molar-refractivity contribution is 5.57. The van der Waals surface area contributed by atoms with Gasteiger partial charge in [-0.05, 0) is 24.5 Å². The van der Waals surface area contributed by atoms with E-state index in [1.54, 1.807) is 12.1 Å². The summed E-state index contributed by atoms with van der Waals surface area (Å²) in [5, 5.41) is 12.4. The lowest BCUT2D eigenvalue weighted by Crippen LogP contribution is -2.47. The SMILES string of the molecule is CC(C)CC(CNc1cccc(F)c1C#N)N1CCOCC1. The molecule has 1 saturated heterocycles. The summed E-state index contributed by atoms with van der Waals surface area (Å²) < 4.78 is 19.1. The maximum Gasteiger partial charge on any atom is 0.143 e. The van der Waals surface area contributed by atoms with Gasteiger partial charge in [0.25, 0.3) is 0 Å². The molecule has 1 fully saturated rings. The largest absolute Gasteiger partial charge is 0.382 e. The molecule has 1 heterocycles. The van der Waals surface area contributed by atoms with Crippen molar-refractivity contribution in [3.05, 3.63) is 29.6 Å². The van der Waals surface area contributed by atoms with Crippen LogP contribution in [0.2, 0.25) is 0 Å². The molecule has 4 nitrogen and oxygen atoms in total. The fourth-order valence-corrected chi connectivity index (χ4v) is 2.86. The van der Waals surface area contributed by atoms with Crippen molar-refractivity contribution in [3.63, 3.8) is 0 Å². The molecule has 1 aromatic carbocycles. The van der Waals surface area contributed by atoms with Gasteiger partial charge in [-0.2, -0.15) is 5.26 Å². The van der Waals surface area contributed by atoms with Crippen molar-refractivity contribution in [2.45, 2.75) is 26.3 Å². The number of hydrogen-bond acceptors (Lipinski definition) is 4. The van der Waals surface area contributed by atoms with Gasteiger partial charge in [-0.1, -0.05) is 19.9 Å². The molecule has 0 aliphatic carbocycles. The van der Waals surface area contributed by atoms with Crippen LogP contribution in [0.5, 0.6) is 0 Å². The molecule has 1 atom stereocenters. The lowest BCUT2D eigenvalue weighted by atomic mass is 10.0. The van der Waals surface area contributed by atoms with Gasteiger partial charge >= 0.3 is 0 Å². The van der Waals surface area contributed by atoms with Gasteiger partial charge in [0.2, 0.25) is 0 Å². The molecule has 0 spiro atoms. The molecular formula is C17H24FN3O. The molecule has 0 amide bonds. The fraction of sp³-hybridized carbons (Fsp3) is 0.588. The molecule has 22 heavy (non-hydrogen) atoms. The lowest BCUT2D eigenvalue weighted by Gasteiger charge is -2.35. The Labute approximate surface area is 131 Å². The van der Waals surface area contributed by atoms with E-state index in [9.17, 15) is 4.39 Å². The van der Waals surface area contributed by atoms with E-state index in [2.05, 4.69) is 24.1 Å². The van der Waals surface area contributed by atoms with Crippen molar-refractivity contribution in [1.82, 2.24) is 4.90 Å². The summed E-state index contributed by atoms with van der Waals surface area (Å²) in [5.74, 6) is 0.108. The Morgan fingerprint density at radius 3 is 2.73 bits per heavy atom. The first-order chi connectivity index (χ1) is 10.6. The predicted octanol–water partition coefficient (Wildman–Crippen LogP) is 2.86. The van der Waals surface area contributed by atoms with Crippen LogP contribution in [0, 0.1) is 23.1 Å². The number of anilines is 1. The maximum absolute atomic E-state index is 13.7. The maximum atomic E-state index is 13.7. The third-order valence-corrected chi connectivity index (χ3v) is 3.96. The molecular weight excluding hydrogens is 281 g/mol. The quantitative estimate of drug-likeness (QED) is 0.878. The van der Waals surface area contributed by atoms with E-state index >= 15 is 0 Å². The van der Waals surface area contributed by atoms with Crippen LogP contribution in [0.4, 0.5) is 10.1 Å². The average Bonchev–Trinajstić information content (AvgIpc) is 2.52. The summed E-state index contributed by atoms with van der Waals surface area (Å²) >= 11 is 0. The number of morpholine rings is 1. The van der Waals surface area contributed by atoms with E-state index < -0.39 is 5.82 Å². The number of nitriles is 1. The first-order valence-electron chi connectivity index (χ1n) is 7.86. The Bertz CT molecular complexity index is 521. The number of nitrogens with one attached hydrogen (secondary N) is 1. The smallest absolute Gasteiger partial charge is 0.143 e. The van der Waals surface area contributed by atoms with Crippen molar-refractivity contribution < 1.29 is 9.13 Å². The standard InChI is InChI=1S/C17H24FN3O/c1-13(2)10-14(21-6-8-22-9-7-21)12-20-17-5-3-4-16(18)15(17)11-19/h3-5,13-14,20H,6-10,12H2,1-2H3. The van der Waals surface area contributed by atoms with Crippen LogP contribution in [-0.4, -0.2) is 43.8 Å². The highest BCUT2D eigenvalue weighted by Crippen LogP contribution is 2.20. The molecule has 0 saturated carbocycles. The number of ether oxygens (including phenoxy) is 1. The average molecular weight is 305 g/mol. The predicted molar refractivity (Wildman–Crippen MR) is 85.2 cm³/mol. The van der Waals surface area contributed by atoms with Crippen LogP contribution in [0.1, 0.15) is 25.8 Å². The zero-order valence-electron chi connectivity index (χ0n) is 13.3. The van der Waals surface area contributed by atoms with Crippen molar-refractivity contribution in [1.29, 1.82) is 5.26 Å².